The number of hydrogen-bond donors (Lipinski definition) is 1. The third kappa shape index (κ3) is 3.00. The Hall–Kier alpha value is -2.66. The molecule has 2 N–H and O–H groups in total. The van der Waals surface area contributed by atoms with Crippen molar-refractivity contribution in [3.8, 4) is 5.82 Å². The molecule has 0 spiro atoms. The zero-order valence-corrected chi connectivity index (χ0v) is 15.7. The van der Waals surface area contributed by atoms with Crippen molar-refractivity contribution in [3.05, 3.63) is 46.3 Å². The van der Waals surface area contributed by atoms with E-state index in [-0.39, 0.29) is 23.4 Å². The number of alkyl halides is 1. The smallest absolute Gasteiger partial charge is 0.291 e. The van der Waals surface area contributed by atoms with Crippen LogP contribution in [0.25, 0.3) is 16.9 Å². The summed E-state index contributed by atoms with van der Waals surface area (Å²) < 4.78 is 53.7. The highest BCUT2D eigenvalue weighted by Gasteiger charge is 2.44. The molecule has 0 atom stereocenters. The summed E-state index contributed by atoms with van der Waals surface area (Å²) in [6.45, 7) is 1.17. The van der Waals surface area contributed by atoms with Crippen LogP contribution in [0.1, 0.15) is 18.5 Å². The topological polar surface area (TPSA) is 113 Å². The van der Waals surface area contributed by atoms with E-state index >= 15 is 0 Å². The van der Waals surface area contributed by atoms with E-state index in [0.29, 0.717) is 18.5 Å². The van der Waals surface area contributed by atoms with Crippen molar-refractivity contribution >= 4 is 21.1 Å². The van der Waals surface area contributed by atoms with Crippen molar-refractivity contribution in [3.63, 3.8) is 0 Å². The van der Waals surface area contributed by atoms with Crippen LogP contribution >= 0.6 is 0 Å². The number of nitrogens with two attached hydrogens (primary N) is 1. The Balaban J connectivity index is 2.04. The van der Waals surface area contributed by atoms with Gasteiger partial charge in [0.15, 0.2) is 5.82 Å². The number of aromatic nitrogens is 4. The molecule has 8 nitrogen and oxygen atoms in total. The van der Waals surface area contributed by atoms with Gasteiger partial charge >= 0.3 is 5.69 Å². The van der Waals surface area contributed by atoms with Gasteiger partial charge in [0.05, 0.1) is 23.4 Å². The zero-order chi connectivity index (χ0) is 20.3. The Morgan fingerprint density at radius 1 is 1.21 bits per heavy atom. The van der Waals surface area contributed by atoms with Crippen molar-refractivity contribution < 1.29 is 17.2 Å². The van der Waals surface area contributed by atoms with Crippen LogP contribution in [0.2, 0.25) is 0 Å². The van der Waals surface area contributed by atoms with E-state index in [2.05, 4.69) is 10.2 Å². The molecule has 0 aliphatic heterocycles. The van der Waals surface area contributed by atoms with E-state index in [0.717, 1.165) is 16.7 Å². The first-order chi connectivity index (χ1) is 13.1. The quantitative estimate of drug-likeness (QED) is 0.685. The Kier molecular flexibility index (Phi) is 4.12. The summed E-state index contributed by atoms with van der Waals surface area (Å²) >= 11 is 0. The predicted molar refractivity (Wildman–Crippen MR) is 96.8 cm³/mol. The lowest BCUT2D eigenvalue weighted by Gasteiger charge is -2.11. The maximum atomic E-state index is 14.4. The third-order valence-electron chi connectivity index (χ3n) is 5.04. The van der Waals surface area contributed by atoms with Gasteiger partial charge in [0.1, 0.15) is 10.7 Å². The number of rotatable bonds is 5. The van der Waals surface area contributed by atoms with E-state index in [1.165, 1.54) is 10.6 Å². The summed E-state index contributed by atoms with van der Waals surface area (Å²) in [5.41, 5.74) is -0.387. The lowest BCUT2D eigenvalue weighted by molar-refractivity contribution is 0.305. The third-order valence-corrected chi connectivity index (χ3v) is 5.96. The summed E-state index contributed by atoms with van der Waals surface area (Å²) in [6, 6.07) is 5.10. The first-order valence-electron chi connectivity index (χ1n) is 8.49. The Bertz CT molecular complexity index is 1240. The molecule has 0 radical (unpaired) electrons. The van der Waals surface area contributed by atoms with Crippen LogP contribution in [0.15, 0.2) is 34.0 Å². The molecule has 148 valence electrons. The van der Waals surface area contributed by atoms with Gasteiger partial charge in [0, 0.05) is 18.0 Å². The van der Waals surface area contributed by atoms with Gasteiger partial charge in [-0.15, -0.1) is 5.10 Å². The average molecular weight is 409 g/mol. The molecule has 1 saturated carbocycles. The highest BCUT2D eigenvalue weighted by molar-refractivity contribution is 7.89. The predicted octanol–water partition coefficient (Wildman–Crippen LogP) is 1.43. The van der Waals surface area contributed by atoms with Crippen molar-refractivity contribution in [2.45, 2.75) is 31.2 Å². The van der Waals surface area contributed by atoms with Crippen LogP contribution in [0.3, 0.4) is 0 Å². The minimum atomic E-state index is -4.36. The molecule has 2 aromatic heterocycles. The second-order valence-electron chi connectivity index (χ2n) is 7.19. The fraction of sp³-hybridized carbons (Fsp3) is 0.353. The van der Waals surface area contributed by atoms with Gasteiger partial charge in [0.2, 0.25) is 10.0 Å². The largest absolute Gasteiger partial charge is 0.335 e. The Morgan fingerprint density at radius 2 is 1.93 bits per heavy atom. The van der Waals surface area contributed by atoms with Gasteiger partial charge in [0.25, 0.3) is 0 Å². The summed E-state index contributed by atoms with van der Waals surface area (Å²) in [4.78, 5) is 12.4. The first-order valence-corrected chi connectivity index (χ1v) is 10.0. The van der Waals surface area contributed by atoms with Crippen LogP contribution in [0.4, 0.5) is 8.78 Å². The minimum absolute atomic E-state index is 0.0548. The van der Waals surface area contributed by atoms with Crippen LogP contribution < -0.4 is 10.8 Å². The average Bonchev–Trinajstić information content (AvgIpc) is 3.36. The molecule has 3 aromatic rings. The van der Waals surface area contributed by atoms with E-state index in [9.17, 15) is 22.0 Å². The van der Waals surface area contributed by atoms with Crippen LogP contribution in [0, 0.1) is 18.2 Å². The lowest BCUT2D eigenvalue weighted by atomic mass is 10.1. The van der Waals surface area contributed by atoms with E-state index in [1.807, 2.05) is 0 Å². The monoisotopic (exact) mass is 409 g/mol. The van der Waals surface area contributed by atoms with Gasteiger partial charge in [-0.3, -0.25) is 8.96 Å². The molecule has 0 bridgehead atoms. The molecule has 1 fully saturated rings. The SMILES string of the molecule is Cc1ccc(-n2c(=O)n(CC3(CF)CC3)c3cc(F)c(S(N)(=O)=O)cc32)nn1. The molecule has 11 heteroatoms. The number of imidazole rings is 1. The highest BCUT2D eigenvalue weighted by atomic mass is 32.2. The number of hydrogen-bond acceptors (Lipinski definition) is 5. The van der Waals surface area contributed by atoms with Crippen molar-refractivity contribution in [1.29, 1.82) is 0 Å². The molecule has 1 aromatic carbocycles. The summed E-state index contributed by atoms with van der Waals surface area (Å²) in [7, 11) is -4.36. The lowest BCUT2D eigenvalue weighted by Crippen LogP contribution is -2.28. The van der Waals surface area contributed by atoms with Gasteiger partial charge in [-0.05, 0) is 38.0 Å². The summed E-state index contributed by atoms with van der Waals surface area (Å²) in [5.74, 6) is -0.947. The summed E-state index contributed by atoms with van der Waals surface area (Å²) in [6.07, 6.45) is 1.23. The van der Waals surface area contributed by atoms with Gasteiger partial charge in [-0.1, -0.05) is 0 Å². The van der Waals surface area contributed by atoms with Crippen LogP contribution in [-0.4, -0.2) is 34.4 Å². The normalized spacial score (nSPS) is 15.9. The van der Waals surface area contributed by atoms with E-state index in [1.54, 1.807) is 13.0 Å². The van der Waals surface area contributed by atoms with Crippen molar-refractivity contribution in [1.82, 2.24) is 19.3 Å². The molecule has 0 unspecified atom stereocenters. The van der Waals surface area contributed by atoms with Crippen molar-refractivity contribution in [2.75, 3.05) is 6.67 Å². The minimum Gasteiger partial charge on any atom is -0.291 e. The standard InChI is InChI=1S/C17H17F2N5O3S/c1-10-2-3-15(22-21-10)24-13-7-14(28(20,26)27)11(19)6-12(13)23(16(24)25)9-17(8-18)4-5-17/h2-3,6-7H,4-5,8-9H2,1H3,(H2,20,26,27). The van der Waals surface area contributed by atoms with Crippen LogP contribution in [0.5, 0.6) is 0 Å². The Labute approximate surface area is 158 Å². The Morgan fingerprint density at radius 3 is 2.46 bits per heavy atom. The fourth-order valence-electron chi connectivity index (χ4n) is 3.20. The maximum absolute atomic E-state index is 14.4. The molecular weight excluding hydrogens is 392 g/mol. The van der Waals surface area contributed by atoms with E-state index in [4.69, 9.17) is 5.14 Å². The second kappa shape index (κ2) is 6.17. The zero-order valence-electron chi connectivity index (χ0n) is 14.9. The van der Waals surface area contributed by atoms with Gasteiger partial charge in [-0.25, -0.2) is 27.3 Å². The molecule has 1 aliphatic carbocycles. The number of nitrogens with zero attached hydrogens (tertiary/aromatic N) is 4. The summed E-state index contributed by atoms with van der Waals surface area (Å²) in [5, 5.41) is 13.0. The van der Waals surface area contributed by atoms with Crippen molar-refractivity contribution in [2.24, 2.45) is 10.6 Å². The molecule has 0 amide bonds. The second-order valence-corrected chi connectivity index (χ2v) is 8.72. The number of sulfonamides is 1. The molecule has 1 aliphatic rings. The molecule has 0 saturated heterocycles. The number of primary sulfonamides is 1. The number of fused-ring (bicyclic) bond motifs is 1. The molecule has 28 heavy (non-hydrogen) atoms. The molecule has 2 heterocycles. The molecular formula is C17H17F2N5O3S. The number of halogens is 2. The van der Waals surface area contributed by atoms with Gasteiger partial charge < -0.3 is 0 Å². The van der Waals surface area contributed by atoms with Gasteiger partial charge in [-0.2, -0.15) is 5.10 Å². The first kappa shape index (κ1) is 18.7. The van der Waals surface area contributed by atoms with E-state index < -0.39 is 38.5 Å². The fourth-order valence-corrected chi connectivity index (χ4v) is 3.81. The molecule has 4 rings (SSSR count). The van der Waals surface area contributed by atoms with Crippen LogP contribution in [-0.2, 0) is 16.6 Å². The number of aryl methyl sites for hydroxylation is 1. The maximum Gasteiger partial charge on any atom is 0.335 e. The highest BCUT2D eigenvalue weighted by Crippen LogP contribution is 2.47. The number of benzene rings is 1.